The van der Waals surface area contributed by atoms with Crippen LogP contribution in [0.2, 0.25) is 0 Å². The van der Waals surface area contributed by atoms with E-state index < -0.39 is 0 Å². The highest BCUT2D eigenvalue weighted by atomic mass is 32.2. The van der Waals surface area contributed by atoms with E-state index in [0.29, 0.717) is 17.2 Å². The maximum absolute atomic E-state index is 12.6. The largest absolute Gasteiger partial charge is 0.352 e. The molecule has 0 saturated heterocycles. The van der Waals surface area contributed by atoms with Crippen LogP contribution in [0.25, 0.3) is 10.2 Å². The van der Waals surface area contributed by atoms with E-state index in [1.165, 1.54) is 43.2 Å². The Morgan fingerprint density at radius 2 is 1.88 bits per heavy atom. The lowest BCUT2D eigenvalue weighted by Gasteiger charge is -2.59. The van der Waals surface area contributed by atoms with E-state index in [0.717, 1.165) is 27.6 Å². The molecule has 3 nitrogen and oxygen atoms in total. The average Bonchev–Trinajstić information content (AvgIpc) is 3.02. The second-order valence-corrected chi connectivity index (χ2v) is 11.1. The van der Waals surface area contributed by atoms with E-state index in [2.05, 4.69) is 23.3 Å². The van der Waals surface area contributed by atoms with Crippen molar-refractivity contribution < 1.29 is 4.79 Å². The van der Waals surface area contributed by atoms with Crippen LogP contribution in [0.5, 0.6) is 0 Å². The Labute approximate surface area is 163 Å². The van der Waals surface area contributed by atoms with Gasteiger partial charge in [0.05, 0.1) is 16.0 Å². The minimum atomic E-state index is 0.164. The molecular weight excluding hydrogens is 360 g/mol. The number of carbonyl (C=O) groups excluding carboxylic acids is 1. The molecule has 1 atom stereocenters. The van der Waals surface area contributed by atoms with E-state index in [9.17, 15) is 4.79 Å². The highest BCUT2D eigenvalue weighted by Crippen LogP contribution is 2.61. The van der Waals surface area contributed by atoms with Gasteiger partial charge in [-0.05, 0) is 80.8 Å². The molecule has 1 aromatic carbocycles. The van der Waals surface area contributed by atoms with Crippen LogP contribution >= 0.6 is 23.1 Å². The second-order valence-electron chi connectivity index (χ2n) is 8.81. The first-order chi connectivity index (χ1) is 12.6. The topological polar surface area (TPSA) is 42.0 Å². The van der Waals surface area contributed by atoms with Crippen molar-refractivity contribution in [1.82, 2.24) is 10.3 Å². The predicted octanol–water partition coefficient (Wildman–Crippen LogP) is 5.11. The Kier molecular flexibility index (Phi) is 4.28. The summed E-state index contributed by atoms with van der Waals surface area (Å²) in [5.41, 5.74) is 1.41. The maximum atomic E-state index is 12.6. The quantitative estimate of drug-likeness (QED) is 0.726. The molecule has 6 rings (SSSR count). The molecule has 4 aliphatic rings. The number of para-hydroxylation sites is 1. The first kappa shape index (κ1) is 17.1. The third kappa shape index (κ3) is 3.07. The minimum absolute atomic E-state index is 0.164. The van der Waals surface area contributed by atoms with Crippen molar-refractivity contribution >= 4 is 39.2 Å². The lowest BCUT2D eigenvalue weighted by Crippen LogP contribution is -2.56. The van der Waals surface area contributed by atoms with E-state index in [1.54, 1.807) is 23.1 Å². The zero-order chi connectivity index (χ0) is 17.7. The molecular formula is C21H26N2OS2. The van der Waals surface area contributed by atoms with Gasteiger partial charge in [0.25, 0.3) is 0 Å². The molecule has 1 amide bonds. The van der Waals surface area contributed by atoms with Crippen molar-refractivity contribution in [3.63, 3.8) is 0 Å². The molecule has 4 bridgehead atoms. The van der Waals surface area contributed by atoms with Gasteiger partial charge < -0.3 is 5.32 Å². The molecule has 26 heavy (non-hydrogen) atoms. The average molecular weight is 387 g/mol. The Morgan fingerprint density at radius 1 is 1.23 bits per heavy atom. The van der Waals surface area contributed by atoms with Gasteiger partial charge in [0.15, 0.2) is 4.34 Å². The summed E-state index contributed by atoms with van der Waals surface area (Å²) >= 11 is 3.25. The van der Waals surface area contributed by atoms with Gasteiger partial charge in [-0.3, -0.25) is 4.79 Å². The fraction of sp³-hybridized carbons (Fsp3) is 0.619. The number of thiazole rings is 1. The summed E-state index contributed by atoms with van der Waals surface area (Å²) in [4.78, 5) is 17.2. The highest BCUT2D eigenvalue weighted by Gasteiger charge is 2.53. The molecule has 0 aliphatic heterocycles. The van der Waals surface area contributed by atoms with Crippen molar-refractivity contribution in [1.29, 1.82) is 0 Å². The molecule has 0 radical (unpaired) electrons. The van der Waals surface area contributed by atoms with Gasteiger partial charge in [-0.1, -0.05) is 23.9 Å². The van der Waals surface area contributed by atoms with Crippen LogP contribution in [0.3, 0.4) is 0 Å². The molecule has 138 valence electrons. The predicted molar refractivity (Wildman–Crippen MR) is 109 cm³/mol. The van der Waals surface area contributed by atoms with Crippen molar-refractivity contribution in [2.75, 3.05) is 5.75 Å². The van der Waals surface area contributed by atoms with Gasteiger partial charge in [0.2, 0.25) is 5.91 Å². The summed E-state index contributed by atoms with van der Waals surface area (Å²) in [5.74, 6) is 3.42. The van der Waals surface area contributed by atoms with Gasteiger partial charge in [-0.15, -0.1) is 11.3 Å². The molecule has 0 unspecified atom stereocenters. The van der Waals surface area contributed by atoms with Gasteiger partial charge in [-0.2, -0.15) is 0 Å². The third-order valence-electron chi connectivity index (χ3n) is 6.98. The Morgan fingerprint density at radius 3 is 2.54 bits per heavy atom. The number of hydrogen-bond acceptors (Lipinski definition) is 4. The van der Waals surface area contributed by atoms with Crippen LogP contribution in [0.15, 0.2) is 28.6 Å². The lowest BCUT2D eigenvalue weighted by atomic mass is 9.48. The number of carbonyl (C=O) groups is 1. The van der Waals surface area contributed by atoms with E-state index in [1.807, 2.05) is 18.2 Å². The van der Waals surface area contributed by atoms with Crippen LogP contribution in [-0.4, -0.2) is 22.7 Å². The van der Waals surface area contributed by atoms with Gasteiger partial charge in [-0.25, -0.2) is 4.98 Å². The number of aromatic nitrogens is 1. The standard InChI is InChI=1S/C21H26N2OS2/c1-13(21-9-14-6-15(10-21)8-16(7-14)11-21)22-19(24)12-25-20-23-17-4-2-3-5-18(17)26-20/h2-5,13-16H,6-12H2,1H3,(H,22,24)/t13-,14?,15?,16?,21?/m1/s1. The van der Waals surface area contributed by atoms with Crippen LogP contribution in [0, 0.1) is 23.2 Å². The number of rotatable bonds is 5. The summed E-state index contributed by atoms with van der Waals surface area (Å²) in [7, 11) is 0. The number of thioether (sulfide) groups is 1. The molecule has 1 aromatic heterocycles. The summed E-state index contributed by atoms with van der Waals surface area (Å²) in [6.07, 6.45) is 8.37. The summed E-state index contributed by atoms with van der Waals surface area (Å²) < 4.78 is 2.18. The van der Waals surface area contributed by atoms with Crippen LogP contribution in [0.1, 0.15) is 45.4 Å². The summed E-state index contributed by atoms with van der Waals surface area (Å²) in [5, 5.41) is 3.36. The Bertz CT molecular complexity index is 762. The molecule has 1 N–H and O–H groups in total. The molecule has 4 saturated carbocycles. The van der Waals surface area contributed by atoms with Gasteiger partial charge in [0.1, 0.15) is 0 Å². The Balaban J connectivity index is 1.20. The smallest absolute Gasteiger partial charge is 0.230 e. The number of fused-ring (bicyclic) bond motifs is 1. The number of benzene rings is 1. The van der Waals surface area contributed by atoms with Crippen molar-refractivity contribution in [2.45, 2.75) is 55.8 Å². The van der Waals surface area contributed by atoms with Crippen LogP contribution in [0.4, 0.5) is 0 Å². The zero-order valence-corrected chi connectivity index (χ0v) is 16.9. The van der Waals surface area contributed by atoms with Crippen LogP contribution < -0.4 is 5.32 Å². The van der Waals surface area contributed by atoms with Crippen LogP contribution in [-0.2, 0) is 4.79 Å². The first-order valence-electron chi connectivity index (χ1n) is 9.87. The molecule has 4 fully saturated rings. The normalized spacial score (nSPS) is 33.5. The van der Waals surface area contributed by atoms with Gasteiger partial charge >= 0.3 is 0 Å². The lowest BCUT2D eigenvalue weighted by molar-refractivity contribution is -0.123. The monoisotopic (exact) mass is 386 g/mol. The van der Waals surface area contributed by atoms with Gasteiger partial charge in [0, 0.05) is 6.04 Å². The molecule has 4 aliphatic carbocycles. The minimum Gasteiger partial charge on any atom is -0.352 e. The number of nitrogens with zero attached hydrogens (tertiary/aromatic N) is 1. The summed E-state index contributed by atoms with van der Waals surface area (Å²) in [6, 6.07) is 8.47. The second kappa shape index (κ2) is 6.52. The van der Waals surface area contributed by atoms with Crippen molar-refractivity contribution in [2.24, 2.45) is 23.2 Å². The molecule has 1 heterocycles. The first-order valence-corrected chi connectivity index (χ1v) is 11.7. The SMILES string of the molecule is C[C@@H](NC(=O)CSc1nc2ccccc2s1)C12CC3CC(CC(C3)C1)C2. The number of hydrogen-bond donors (Lipinski definition) is 1. The van der Waals surface area contributed by atoms with Crippen molar-refractivity contribution in [3.8, 4) is 0 Å². The fourth-order valence-electron chi connectivity index (χ4n) is 6.18. The third-order valence-corrected chi connectivity index (χ3v) is 9.16. The number of nitrogens with one attached hydrogen (secondary N) is 1. The number of amides is 1. The summed E-state index contributed by atoms with van der Waals surface area (Å²) in [6.45, 7) is 2.26. The highest BCUT2D eigenvalue weighted by molar-refractivity contribution is 8.01. The zero-order valence-electron chi connectivity index (χ0n) is 15.2. The molecule has 5 heteroatoms. The van der Waals surface area contributed by atoms with E-state index in [4.69, 9.17) is 0 Å². The Hall–Kier alpha value is -1.07. The molecule has 0 spiro atoms. The molecule has 2 aromatic rings. The fourth-order valence-corrected chi connectivity index (χ4v) is 8.06. The van der Waals surface area contributed by atoms with Crippen molar-refractivity contribution in [3.05, 3.63) is 24.3 Å². The van der Waals surface area contributed by atoms with E-state index >= 15 is 0 Å². The van der Waals surface area contributed by atoms with E-state index in [-0.39, 0.29) is 5.91 Å². The maximum Gasteiger partial charge on any atom is 0.230 e.